The largest absolute Gasteiger partial charge is 0.493 e. The summed E-state index contributed by atoms with van der Waals surface area (Å²) >= 11 is 13.3. The summed E-state index contributed by atoms with van der Waals surface area (Å²) in [5.41, 5.74) is 1.60. The zero-order chi connectivity index (χ0) is 26.5. The molecule has 0 atom stereocenters. The van der Waals surface area contributed by atoms with Crippen LogP contribution in [0, 0.1) is 5.82 Å². The van der Waals surface area contributed by atoms with Crippen molar-refractivity contribution < 1.29 is 28.2 Å². The highest BCUT2D eigenvalue weighted by molar-refractivity contribution is 8.18. The van der Waals surface area contributed by atoms with E-state index in [9.17, 15) is 18.8 Å². The number of hydrogen-bond acceptors (Lipinski definition) is 6. The third-order valence-corrected chi connectivity index (χ3v) is 6.74. The normalized spacial score (nSPS) is 14.3. The van der Waals surface area contributed by atoms with Crippen molar-refractivity contribution in [3.63, 3.8) is 0 Å². The molecule has 0 aromatic heterocycles. The van der Waals surface area contributed by atoms with Crippen molar-refractivity contribution in [3.05, 3.63) is 92.6 Å². The molecule has 190 valence electrons. The second-order valence-electron chi connectivity index (χ2n) is 7.74. The fourth-order valence-electron chi connectivity index (χ4n) is 3.39. The van der Waals surface area contributed by atoms with Crippen LogP contribution in [0.5, 0.6) is 11.5 Å². The second kappa shape index (κ2) is 11.7. The lowest BCUT2D eigenvalue weighted by Gasteiger charge is -2.14. The maximum absolute atomic E-state index is 13.0. The minimum atomic E-state index is -0.626. The van der Waals surface area contributed by atoms with Crippen LogP contribution in [0.4, 0.5) is 14.9 Å². The van der Waals surface area contributed by atoms with Crippen LogP contribution in [0.25, 0.3) is 6.08 Å². The van der Waals surface area contributed by atoms with Crippen LogP contribution < -0.4 is 14.8 Å². The van der Waals surface area contributed by atoms with Crippen molar-refractivity contribution in [2.75, 3.05) is 19.0 Å². The van der Waals surface area contributed by atoms with Gasteiger partial charge in [-0.3, -0.25) is 19.3 Å². The summed E-state index contributed by atoms with van der Waals surface area (Å²) in [6.45, 7) is -0.327. The average Bonchev–Trinajstić information content (AvgIpc) is 3.12. The SMILES string of the molecule is COc1cc(/C=C2\SC(=O)N(CC(=O)Nc3ccc(F)cc3)C2=O)cc(Cl)c1OCc1ccccc1Cl. The highest BCUT2D eigenvalue weighted by Gasteiger charge is 2.36. The van der Waals surface area contributed by atoms with E-state index in [1.807, 2.05) is 18.2 Å². The van der Waals surface area contributed by atoms with Gasteiger partial charge in [0, 0.05) is 16.3 Å². The Morgan fingerprint density at radius 3 is 2.51 bits per heavy atom. The number of imide groups is 1. The van der Waals surface area contributed by atoms with Crippen molar-refractivity contribution >= 4 is 63.8 Å². The molecule has 0 spiro atoms. The smallest absolute Gasteiger partial charge is 0.294 e. The lowest BCUT2D eigenvalue weighted by Crippen LogP contribution is -2.36. The standard InChI is InChI=1S/C26H19Cl2FN2O5S/c1-35-21-11-15(10-20(28)24(21)36-14-16-4-2-3-5-19(16)27)12-22-25(33)31(26(34)37-22)13-23(32)30-18-8-6-17(29)7-9-18/h2-12H,13-14H2,1H3,(H,30,32)/b22-12-. The summed E-state index contributed by atoms with van der Waals surface area (Å²) in [7, 11) is 1.45. The van der Waals surface area contributed by atoms with E-state index < -0.39 is 29.4 Å². The van der Waals surface area contributed by atoms with Crippen molar-refractivity contribution in [1.82, 2.24) is 4.90 Å². The number of carbonyl (C=O) groups excluding carboxylic acids is 3. The van der Waals surface area contributed by atoms with E-state index in [-0.39, 0.29) is 16.5 Å². The molecule has 0 saturated carbocycles. The molecule has 1 aliphatic rings. The van der Waals surface area contributed by atoms with E-state index in [2.05, 4.69) is 5.32 Å². The van der Waals surface area contributed by atoms with Gasteiger partial charge >= 0.3 is 0 Å². The summed E-state index contributed by atoms with van der Waals surface area (Å²) in [5.74, 6) is -1.06. The molecule has 1 fully saturated rings. The lowest BCUT2D eigenvalue weighted by molar-refractivity contribution is -0.127. The van der Waals surface area contributed by atoms with Gasteiger partial charge in [-0.1, -0.05) is 41.4 Å². The number of benzene rings is 3. The van der Waals surface area contributed by atoms with E-state index in [1.165, 1.54) is 37.5 Å². The molecule has 1 aliphatic heterocycles. The molecular formula is C26H19Cl2FN2O5S. The van der Waals surface area contributed by atoms with E-state index in [0.29, 0.717) is 39.5 Å². The number of methoxy groups -OCH3 is 1. The van der Waals surface area contributed by atoms with Gasteiger partial charge in [0.05, 0.1) is 17.0 Å². The Balaban J connectivity index is 1.47. The first kappa shape index (κ1) is 26.5. The van der Waals surface area contributed by atoms with Crippen LogP contribution in [0.15, 0.2) is 65.6 Å². The molecule has 37 heavy (non-hydrogen) atoms. The fraction of sp³-hybridized carbons (Fsp3) is 0.115. The highest BCUT2D eigenvalue weighted by atomic mass is 35.5. The first-order valence-corrected chi connectivity index (χ1v) is 12.4. The summed E-state index contributed by atoms with van der Waals surface area (Å²) < 4.78 is 24.3. The first-order valence-electron chi connectivity index (χ1n) is 10.8. The van der Waals surface area contributed by atoms with Gasteiger partial charge in [-0.25, -0.2) is 4.39 Å². The lowest BCUT2D eigenvalue weighted by atomic mass is 10.1. The number of nitrogens with zero attached hydrogens (tertiary/aromatic N) is 1. The predicted molar refractivity (Wildman–Crippen MR) is 141 cm³/mol. The molecule has 3 aromatic carbocycles. The van der Waals surface area contributed by atoms with Gasteiger partial charge in [0.25, 0.3) is 11.1 Å². The molecule has 0 aliphatic carbocycles. The number of amides is 3. The second-order valence-corrected chi connectivity index (χ2v) is 9.54. The van der Waals surface area contributed by atoms with Crippen LogP contribution in [0.2, 0.25) is 10.0 Å². The molecule has 1 saturated heterocycles. The third-order valence-electron chi connectivity index (χ3n) is 5.18. The number of ether oxygens (including phenoxy) is 2. The number of rotatable bonds is 8. The summed E-state index contributed by atoms with van der Waals surface area (Å²) in [5, 5.41) is 2.71. The van der Waals surface area contributed by atoms with E-state index >= 15 is 0 Å². The molecule has 7 nitrogen and oxygen atoms in total. The molecule has 11 heteroatoms. The Hall–Kier alpha value is -3.53. The number of nitrogens with one attached hydrogen (secondary N) is 1. The Morgan fingerprint density at radius 2 is 1.81 bits per heavy atom. The van der Waals surface area contributed by atoms with Gasteiger partial charge in [0.15, 0.2) is 11.5 Å². The minimum Gasteiger partial charge on any atom is -0.493 e. The van der Waals surface area contributed by atoms with Gasteiger partial charge in [-0.15, -0.1) is 0 Å². The number of carbonyl (C=O) groups is 3. The van der Waals surface area contributed by atoms with Crippen molar-refractivity contribution in [2.24, 2.45) is 0 Å². The van der Waals surface area contributed by atoms with Gasteiger partial charge < -0.3 is 14.8 Å². The van der Waals surface area contributed by atoms with Crippen LogP contribution in [-0.2, 0) is 16.2 Å². The highest BCUT2D eigenvalue weighted by Crippen LogP contribution is 2.39. The molecule has 1 N–H and O–H groups in total. The topological polar surface area (TPSA) is 84.9 Å². The van der Waals surface area contributed by atoms with E-state index in [0.717, 1.165) is 10.5 Å². The van der Waals surface area contributed by atoms with Crippen molar-refractivity contribution in [3.8, 4) is 11.5 Å². The number of thioether (sulfide) groups is 1. The average molecular weight is 561 g/mol. The van der Waals surface area contributed by atoms with Gasteiger partial charge in [-0.2, -0.15) is 0 Å². The monoisotopic (exact) mass is 560 g/mol. The molecule has 0 bridgehead atoms. The molecule has 0 unspecified atom stereocenters. The Morgan fingerprint density at radius 1 is 1.08 bits per heavy atom. The summed E-state index contributed by atoms with van der Waals surface area (Å²) in [4.78, 5) is 38.5. The molecule has 3 aromatic rings. The van der Waals surface area contributed by atoms with E-state index in [1.54, 1.807) is 18.2 Å². The molecule has 4 rings (SSSR count). The first-order chi connectivity index (χ1) is 17.7. The molecule has 1 heterocycles. The Labute approximate surface area is 226 Å². The van der Waals surface area contributed by atoms with Crippen LogP contribution in [-0.4, -0.2) is 35.6 Å². The molecular weight excluding hydrogens is 542 g/mol. The maximum Gasteiger partial charge on any atom is 0.294 e. The number of anilines is 1. The zero-order valence-corrected chi connectivity index (χ0v) is 21.6. The van der Waals surface area contributed by atoms with Crippen LogP contribution >= 0.6 is 35.0 Å². The predicted octanol–water partition coefficient (Wildman–Crippen LogP) is 6.40. The van der Waals surface area contributed by atoms with Gasteiger partial charge in [0.1, 0.15) is 19.0 Å². The van der Waals surface area contributed by atoms with Gasteiger partial charge in [0.2, 0.25) is 5.91 Å². The molecule has 0 radical (unpaired) electrons. The zero-order valence-electron chi connectivity index (χ0n) is 19.3. The van der Waals surface area contributed by atoms with Crippen LogP contribution in [0.1, 0.15) is 11.1 Å². The third kappa shape index (κ3) is 6.43. The number of hydrogen-bond donors (Lipinski definition) is 1. The van der Waals surface area contributed by atoms with Crippen molar-refractivity contribution in [2.45, 2.75) is 6.61 Å². The maximum atomic E-state index is 13.0. The fourth-order valence-corrected chi connectivity index (χ4v) is 4.70. The Kier molecular flexibility index (Phi) is 8.38. The van der Waals surface area contributed by atoms with Gasteiger partial charge in [-0.05, 0) is 65.9 Å². The van der Waals surface area contributed by atoms with Crippen LogP contribution in [0.3, 0.4) is 0 Å². The summed E-state index contributed by atoms with van der Waals surface area (Å²) in [6, 6.07) is 15.5. The quantitative estimate of drug-likeness (QED) is 0.321. The number of halogens is 3. The van der Waals surface area contributed by atoms with Crippen molar-refractivity contribution in [1.29, 1.82) is 0 Å². The summed E-state index contributed by atoms with van der Waals surface area (Å²) in [6.07, 6.45) is 1.48. The van der Waals surface area contributed by atoms with E-state index in [4.69, 9.17) is 32.7 Å². The molecule has 3 amide bonds. The minimum absolute atomic E-state index is 0.113. The Bertz CT molecular complexity index is 1400.